The van der Waals surface area contributed by atoms with Crippen molar-refractivity contribution in [3.63, 3.8) is 0 Å². The molecule has 4 N–H and O–H groups in total. The van der Waals surface area contributed by atoms with Gasteiger partial charge in [-0.1, -0.05) is 0 Å². The third-order valence-corrected chi connectivity index (χ3v) is 3.92. The zero-order valence-corrected chi connectivity index (χ0v) is 9.72. The summed E-state index contributed by atoms with van der Waals surface area (Å²) in [4.78, 5) is 16.9. The fourth-order valence-electron chi connectivity index (χ4n) is 1.75. The van der Waals surface area contributed by atoms with Gasteiger partial charge in [0.15, 0.2) is 0 Å². The van der Waals surface area contributed by atoms with Gasteiger partial charge in [-0.2, -0.15) is 0 Å². The molecule has 1 aliphatic heterocycles. The zero-order chi connectivity index (χ0) is 12.6. The van der Waals surface area contributed by atoms with Crippen LogP contribution in [0.25, 0.3) is 0 Å². The Labute approximate surface area is 98.5 Å². The summed E-state index contributed by atoms with van der Waals surface area (Å²) in [5.74, 6) is -0.316. The molecule has 1 amide bonds. The number of rotatable bonds is 2. The van der Waals surface area contributed by atoms with Crippen molar-refractivity contribution in [2.75, 3.05) is 17.2 Å². The van der Waals surface area contributed by atoms with E-state index in [9.17, 15) is 13.2 Å². The van der Waals surface area contributed by atoms with Crippen LogP contribution in [-0.4, -0.2) is 31.1 Å². The first kappa shape index (κ1) is 11.8. The minimum Gasteiger partial charge on any atom is -0.397 e. The van der Waals surface area contributed by atoms with Gasteiger partial charge in [0.2, 0.25) is 15.9 Å². The topological polar surface area (TPSA) is 119 Å². The number of anilines is 2. The highest BCUT2D eigenvalue weighted by Crippen LogP contribution is 2.27. The number of primary sulfonamides is 1. The van der Waals surface area contributed by atoms with Crippen molar-refractivity contribution in [3.8, 4) is 0 Å². The summed E-state index contributed by atoms with van der Waals surface area (Å²) in [6.07, 6.45) is 2.81. The number of nitrogens with zero attached hydrogens (tertiary/aromatic N) is 2. The number of pyridine rings is 1. The Morgan fingerprint density at radius 3 is 2.71 bits per heavy atom. The molecular weight excluding hydrogens is 244 g/mol. The first-order valence-electron chi connectivity index (χ1n) is 4.91. The van der Waals surface area contributed by atoms with Gasteiger partial charge in [0, 0.05) is 19.2 Å². The number of amides is 1. The van der Waals surface area contributed by atoms with Crippen LogP contribution in [0.2, 0.25) is 0 Å². The normalized spacial score (nSPS) is 20.9. The lowest BCUT2D eigenvalue weighted by Gasteiger charge is -2.17. The van der Waals surface area contributed by atoms with Crippen LogP contribution in [0.5, 0.6) is 0 Å². The molecule has 0 saturated carbocycles. The van der Waals surface area contributed by atoms with E-state index in [0.717, 1.165) is 0 Å². The molecule has 0 aromatic carbocycles. The Kier molecular flexibility index (Phi) is 2.76. The Morgan fingerprint density at radius 1 is 1.47 bits per heavy atom. The van der Waals surface area contributed by atoms with Crippen LogP contribution < -0.4 is 15.8 Å². The lowest BCUT2D eigenvalue weighted by Crippen LogP contribution is -2.32. The summed E-state index contributed by atoms with van der Waals surface area (Å²) >= 11 is 0. The Balaban J connectivity index is 2.31. The van der Waals surface area contributed by atoms with Gasteiger partial charge < -0.3 is 10.6 Å². The van der Waals surface area contributed by atoms with Crippen LogP contribution in [0.3, 0.4) is 0 Å². The first-order valence-corrected chi connectivity index (χ1v) is 6.52. The van der Waals surface area contributed by atoms with E-state index in [1.807, 2.05) is 0 Å². The van der Waals surface area contributed by atoms with Crippen molar-refractivity contribution in [1.82, 2.24) is 4.98 Å². The molecule has 2 rings (SSSR count). The van der Waals surface area contributed by atoms with Crippen molar-refractivity contribution in [1.29, 1.82) is 0 Å². The Bertz CT molecular complexity index is 557. The van der Waals surface area contributed by atoms with E-state index in [0.29, 0.717) is 11.4 Å². The molecule has 0 radical (unpaired) electrons. The van der Waals surface area contributed by atoms with Gasteiger partial charge in [-0.05, 0) is 6.07 Å². The maximum atomic E-state index is 11.7. The van der Waals surface area contributed by atoms with Gasteiger partial charge >= 0.3 is 0 Å². The van der Waals surface area contributed by atoms with Crippen LogP contribution >= 0.6 is 0 Å². The van der Waals surface area contributed by atoms with Gasteiger partial charge in [0.05, 0.1) is 17.6 Å². The highest BCUT2D eigenvalue weighted by Gasteiger charge is 2.37. The van der Waals surface area contributed by atoms with Gasteiger partial charge in [-0.3, -0.25) is 9.78 Å². The number of hydrogen-bond acceptors (Lipinski definition) is 5. The predicted molar refractivity (Wildman–Crippen MR) is 62.5 cm³/mol. The summed E-state index contributed by atoms with van der Waals surface area (Å²) in [5.41, 5.74) is 6.50. The van der Waals surface area contributed by atoms with E-state index in [1.54, 1.807) is 6.07 Å². The van der Waals surface area contributed by atoms with Crippen LogP contribution in [-0.2, 0) is 14.8 Å². The fourth-order valence-corrected chi connectivity index (χ4v) is 2.48. The standard InChI is InChI=1S/C9H12N4O3S/c10-7-1-2-12-4-8(7)13-5-6(3-9(13)14)17(11,15)16/h1-2,4,6H,3,5H2,(H2,10,12)(H2,11,15,16). The van der Waals surface area contributed by atoms with Crippen molar-refractivity contribution >= 4 is 27.3 Å². The Hall–Kier alpha value is -1.67. The summed E-state index contributed by atoms with van der Waals surface area (Å²) in [7, 11) is -3.71. The number of sulfonamides is 1. The molecule has 1 unspecified atom stereocenters. The molecule has 1 atom stereocenters. The zero-order valence-electron chi connectivity index (χ0n) is 8.91. The SMILES string of the molecule is Nc1ccncc1N1CC(S(N)(=O)=O)CC1=O. The molecule has 1 aliphatic rings. The second-order valence-electron chi connectivity index (χ2n) is 3.85. The van der Waals surface area contributed by atoms with Crippen LogP contribution in [0, 0.1) is 0 Å². The fraction of sp³-hybridized carbons (Fsp3) is 0.333. The maximum absolute atomic E-state index is 11.7. The molecule has 7 nitrogen and oxygen atoms in total. The van der Waals surface area contributed by atoms with Crippen molar-refractivity contribution in [2.45, 2.75) is 11.7 Å². The number of hydrogen-bond donors (Lipinski definition) is 2. The first-order chi connectivity index (χ1) is 7.89. The third kappa shape index (κ3) is 2.22. The summed E-state index contributed by atoms with van der Waals surface area (Å²) in [6.45, 7) is 0.0214. The van der Waals surface area contributed by atoms with Crippen LogP contribution in [0.1, 0.15) is 6.42 Å². The molecule has 1 saturated heterocycles. The monoisotopic (exact) mass is 256 g/mol. The molecule has 1 fully saturated rings. The maximum Gasteiger partial charge on any atom is 0.228 e. The highest BCUT2D eigenvalue weighted by molar-refractivity contribution is 7.89. The minimum absolute atomic E-state index is 0.0214. The molecule has 2 heterocycles. The molecular formula is C9H12N4O3S. The van der Waals surface area contributed by atoms with Gasteiger partial charge in [-0.25, -0.2) is 13.6 Å². The van der Waals surface area contributed by atoms with E-state index in [2.05, 4.69) is 4.98 Å². The van der Waals surface area contributed by atoms with E-state index >= 15 is 0 Å². The quantitative estimate of drug-likeness (QED) is 0.707. The number of nitrogens with two attached hydrogens (primary N) is 2. The van der Waals surface area contributed by atoms with E-state index in [1.165, 1.54) is 17.3 Å². The van der Waals surface area contributed by atoms with E-state index in [4.69, 9.17) is 10.9 Å². The third-order valence-electron chi connectivity index (χ3n) is 2.68. The van der Waals surface area contributed by atoms with Crippen LogP contribution in [0.4, 0.5) is 11.4 Å². The van der Waals surface area contributed by atoms with Gasteiger partial charge in [0.1, 0.15) is 5.25 Å². The van der Waals surface area contributed by atoms with Gasteiger partial charge in [0.25, 0.3) is 0 Å². The number of nitrogen functional groups attached to an aromatic ring is 1. The van der Waals surface area contributed by atoms with Crippen molar-refractivity contribution < 1.29 is 13.2 Å². The molecule has 17 heavy (non-hydrogen) atoms. The number of carbonyl (C=O) groups is 1. The number of carbonyl (C=O) groups excluding carboxylic acids is 1. The van der Waals surface area contributed by atoms with Gasteiger partial charge in [-0.15, -0.1) is 0 Å². The lowest BCUT2D eigenvalue weighted by atomic mass is 10.3. The molecule has 1 aromatic heterocycles. The van der Waals surface area contributed by atoms with Crippen molar-refractivity contribution in [3.05, 3.63) is 18.5 Å². The van der Waals surface area contributed by atoms with Crippen LogP contribution in [0.15, 0.2) is 18.5 Å². The lowest BCUT2D eigenvalue weighted by molar-refractivity contribution is -0.117. The summed E-state index contributed by atoms with van der Waals surface area (Å²) in [6, 6.07) is 1.55. The second-order valence-corrected chi connectivity index (χ2v) is 5.70. The molecule has 0 aliphatic carbocycles. The predicted octanol–water partition coefficient (Wildman–Crippen LogP) is -0.942. The van der Waals surface area contributed by atoms with E-state index < -0.39 is 15.3 Å². The molecule has 92 valence electrons. The number of aromatic nitrogens is 1. The minimum atomic E-state index is -3.71. The van der Waals surface area contributed by atoms with E-state index in [-0.39, 0.29) is 18.9 Å². The summed E-state index contributed by atoms with van der Waals surface area (Å²) in [5, 5.41) is 4.15. The smallest absolute Gasteiger partial charge is 0.228 e. The largest absolute Gasteiger partial charge is 0.397 e. The second kappa shape index (κ2) is 3.97. The molecule has 0 spiro atoms. The average Bonchev–Trinajstić information content (AvgIpc) is 2.61. The molecule has 0 bridgehead atoms. The molecule has 1 aromatic rings. The Morgan fingerprint density at radius 2 is 2.18 bits per heavy atom. The molecule has 8 heteroatoms. The average molecular weight is 256 g/mol. The van der Waals surface area contributed by atoms with Crippen molar-refractivity contribution in [2.24, 2.45) is 5.14 Å². The highest BCUT2D eigenvalue weighted by atomic mass is 32.2. The summed E-state index contributed by atoms with van der Waals surface area (Å²) < 4.78 is 22.4.